The van der Waals surface area contributed by atoms with E-state index in [1.807, 2.05) is 17.5 Å². The second-order valence-corrected chi connectivity index (χ2v) is 9.69. The average Bonchev–Trinajstić information content (AvgIpc) is 3.51. The minimum atomic E-state index is -4.58. The highest BCUT2D eigenvalue weighted by Gasteiger charge is 2.36. The lowest BCUT2D eigenvalue weighted by atomic mass is 9.96. The molecule has 2 aromatic heterocycles. The van der Waals surface area contributed by atoms with Crippen molar-refractivity contribution in [3.05, 3.63) is 73.9 Å². The Kier molecular flexibility index (Phi) is 7.14. The molecular formula is C23H22F3N3O2S2. The van der Waals surface area contributed by atoms with Crippen molar-refractivity contribution in [3.63, 3.8) is 0 Å². The van der Waals surface area contributed by atoms with Crippen molar-refractivity contribution < 1.29 is 22.8 Å². The van der Waals surface area contributed by atoms with Crippen molar-refractivity contribution in [2.45, 2.75) is 31.4 Å². The maximum absolute atomic E-state index is 13.3. The van der Waals surface area contributed by atoms with Gasteiger partial charge in [-0.15, -0.1) is 22.7 Å². The fourth-order valence-electron chi connectivity index (χ4n) is 3.84. The van der Waals surface area contributed by atoms with Crippen molar-refractivity contribution in [2.24, 2.45) is 0 Å². The molecule has 4 rings (SSSR count). The topological polar surface area (TPSA) is 62.3 Å². The summed E-state index contributed by atoms with van der Waals surface area (Å²) in [5.74, 6) is -0.749. The van der Waals surface area contributed by atoms with Gasteiger partial charge in [-0.2, -0.15) is 13.2 Å². The van der Waals surface area contributed by atoms with Gasteiger partial charge in [0.1, 0.15) is 5.69 Å². The Morgan fingerprint density at radius 1 is 1.09 bits per heavy atom. The molecule has 0 unspecified atom stereocenters. The van der Waals surface area contributed by atoms with Gasteiger partial charge in [-0.3, -0.25) is 9.59 Å². The molecule has 1 aliphatic heterocycles. The quantitative estimate of drug-likeness (QED) is 0.513. The fraction of sp³-hybridized carbons (Fsp3) is 0.348. The number of thiophene rings is 1. The number of halogens is 3. The molecule has 10 heteroatoms. The molecule has 0 radical (unpaired) electrons. The van der Waals surface area contributed by atoms with Crippen LogP contribution in [-0.4, -0.2) is 41.3 Å². The maximum Gasteiger partial charge on any atom is 0.417 e. The highest BCUT2D eigenvalue weighted by atomic mass is 32.1. The Morgan fingerprint density at radius 3 is 2.55 bits per heavy atom. The molecule has 174 valence electrons. The standard InChI is InChI=1S/C23H22F3N3O2S2/c24-23(25,26)18-6-2-1-5-17(18)22(31)29-11-8-15(9-12-29)21-28-19(14-33-21)20(30)27-10-7-16-4-3-13-32-16/h1-6,13-15H,7-12H2,(H,27,30). The molecule has 0 spiro atoms. The molecule has 3 aromatic rings. The number of carbonyl (C=O) groups is 2. The number of hydrogen-bond donors (Lipinski definition) is 1. The maximum atomic E-state index is 13.3. The van der Waals surface area contributed by atoms with Crippen molar-refractivity contribution in [1.82, 2.24) is 15.2 Å². The Balaban J connectivity index is 1.32. The van der Waals surface area contributed by atoms with Crippen LogP contribution in [-0.2, 0) is 12.6 Å². The van der Waals surface area contributed by atoms with Crippen LogP contribution in [0, 0.1) is 0 Å². The van der Waals surface area contributed by atoms with Gasteiger partial charge in [-0.05, 0) is 42.8 Å². The SMILES string of the molecule is O=C(NCCc1cccs1)c1csc(C2CCN(C(=O)c3ccccc3C(F)(F)F)CC2)n1. The predicted octanol–water partition coefficient (Wildman–Crippen LogP) is 5.22. The summed E-state index contributed by atoms with van der Waals surface area (Å²) < 4.78 is 39.8. The summed E-state index contributed by atoms with van der Waals surface area (Å²) in [5, 5.41) is 7.43. The van der Waals surface area contributed by atoms with E-state index in [-0.39, 0.29) is 17.4 Å². The van der Waals surface area contributed by atoms with E-state index >= 15 is 0 Å². The van der Waals surface area contributed by atoms with Gasteiger partial charge < -0.3 is 10.2 Å². The zero-order chi connectivity index (χ0) is 23.4. The van der Waals surface area contributed by atoms with Crippen molar-refractivity contribution in [2.75, 3.05) is 19.6 Å². The lowest BCUT2D eigenvalue weighted by Gasteiger charge is -2.31. The minimum Gasteiger partial charge on any atom is -0.350 e. The molecule has 1 N–H and O–H groups in total. The number of rotatable bonds is 6. The summed E-state index contributed by atoms with van der Waals surface area (Å²) in [7, 11) is 0. The second kappa shape index (κ2) is 10.0. The number of thiazole rings is 1. The summed E-state index contributed by atoms with van der Waals surface area (Å²) >= 11 is 3.05. The number of carbonyl (C=O) groups excluding carboxylic acids is 2. The highest BCUT2D eigenvalue weighted by Crippen LogP contribution is 2.34. The van der Waals surface area contributed by atoms with Gasteiger partial charge in [-0.25, -0.2) is 4.98 Å². The molecule has 1 aromatic carbocycles. The molecule has 1 fully saturated rings. The van der Waals surface area contributed by atoms with E-state index in [0.717, 1.165) is 17.5 Å². The monoisotopic (exact) mass is 493 g/mol. The molecule has 0 bridgehead atoms. The molecule has 0 aliphatic carbocycles. The zero-order valence-electron chi connectivity index (χ0n) is 17.6. The molecular weight excluding hydrogens is 471 g/mol. The van der Waals surface area contributed by atoms with E-state index in [4.69, 9.17) is 0 Å². The van der Waals surface area contributed by atoms with Gasteiger partial charge in [0.15, 0.2) is 0 Å². The van der Waals surface area contributed by atoms with E-state index in [1.165, 1.54) is 39.3 Å². The number of aromatic nitrogens is 1. The van der Waals surface area contributed by atoms with Gasteiger partial charge in [0.2, 0.25) is 0 Å². The third-order valence-electron chi connectivity index (χ3n) is 5.59. The summed E-state index contributed by atoms with van der Waals surface area (Å²) in [4.78, 5) is 32.3. The molecule has 0 atom stereocenters. The predicted molar refractivity (Wildman–Crippen MR) is 122 cm³/mol. The number of nitrogens with one attached hydrogen (secondary N) is 1. The third-order valence-corrected chi connectivity index (χ3v) is 7.53. The average molecular weight is 494 g/mol. The first-order chi connectivity index (χ1) is 15.8. The van der Waals surface area contributed by atoms with Crippen LogP contribution in [0.3, 0.4) is 0 Å². The van der Waals surface area contributed by atoms with Gasteiger partial charge >= 0.3 is 6.18 Å². The first kappa shape index (κ1) is 23.4. The number of hydrogen-bond acceptors (Lipinski definition) is 5. The Hall–Kier alpha value is -2.72. The molecule has 1 saturated heterocycles. The molecule has 5 nitrogen and oxygen atoms in total. The fourth-order valence-corrected chi connectivity index (χ4v) is 5.52. The Bertz CT molecular complexity index is 1100. The lowest BCUT2D eigenvalue weighted by Crippen LogP contribution is -2.38. The molecule has 0 saturated carbocycles. The summed E-state index contributed by atoms with van der Waals surface area (Å²) in [6.45, 7) is 1.22. The smallest absolute Gasteiger partial charge is 0.350 e. The highest BCUT2D eigenvalue weighted by molar-refractivity contribution is 7.10. The van der Waals surface area contributed by atoms with Crippen molar-refractivity contribution in [1.29, 1.82) is 0 Å². The van der Waals surface area contributed by atoms with Crippen LogP contribution in [0.1, 0.15) is 55.1 Å². The zero-order valence-corrected chi connectivity index (χ0v) is 19.2. The third kappa shape index (κ3) is 5.62. The summed E-state index contributed by atoms with van der Waals surface area (Å²) in [5.41, 5.74) is -0.857. The van der Waals surface area contributed by atoms with Crippen LogP contribution >= 0.6 is 22.7 Å². The molecule has 33 heavy (non-hydrogen) atoms. The Labute approximate surface area is 197 Å². The first-order valence-corrected chi connectivity index (χ1v) is 12.3. The summed E-state index contributed by atoms with van der Waals surface area (Å²) in [6, 6.07) is 8.88. The number of amides is 2. The van der Waals surface area contributed by atoms with Crippen molar-refractivity contribution >= 4 is 34.5 Å². The van der Waals surface area contributed by atoms with E-state index in [0.29, 0.717) is 38.2 Å². The lowest BCUT2D eigenvalue weighted by molar-refractivity contribution is -0.138. The number of likely N-dealkylation sites (tertiary alicyclic amines) is 1. The van der Waals surface area contributed by atoms with E-state index < -0.39 is 17.6 Å². The van der Waals surface area contributed by atoms with Crippen LogP contribution < -0.4 is 5.32 Å². The number of piperidine rings is 1. The van der Waals surface area contributed by atoms with Crippen LogP contribution in [0.5, 0.6) is 0 Å². The van der Waals surface area contributed by atoms with E-state index in [9.17, 15) is 22.8 Å². The van der Waals surface area contributed by atoms with Crippen LogP contribution in [0.15, 0.2) is 47.2 Å². The van der Waals surface area contributed by atoms with Crippen LogP contribution in [0.2, 0.25) is 0 Å². The van der Waals surface area contributed by atoms with Gasteiger partial charge in [0.25, 0.3) is 11.8 Å². The number of nitrogens with zero attached hydrogens (tertiary/aromatic N) is 2. The van der Waals surface area contributed by atoms with Gasteiger partial charge in [-0.1, -0.05) is 18.2 Å². The molecule has 3 heterocycles. The van der Waals surface area contributed by atoms with E-state index in [1.54, 1.807) is 16.7 Å². The largest absolute Gasteiger partial charge is 0.417 e. The first-order valence-electron chi connectivity index (χ1n) is 10.5. The van der Waals surface area contributed by atoms with E-state index in [2.05, 4.69) is 10.3 Å². The van der Waals surface area contributed by atoms with Gasteiger partial charge in [0.05, 0.1) is 16.1 Å². The van der Waals surface area contributed by atoms with Crippen LogP contribution in [0.4, 0.5) is 13.2 Å². The number of alkyl halides is 3. The molecule has 2 amide bonds. The number of benzene rings is 1. The normalized spacial score (nSPS) is 14.9. The Morgan fingerprint density at radius 2 is 1.85 bits per heavy atom. The van der Waals surface area contributed by atoms with Crippen molar-refractivity contribution in [3.8, 4) is 0 Å². The van der Waals surface area contributed by atoms with Crippen LogP contribution in [0.25, 0.3) is 0 Å². The van der Waals surface area contributed by atoms with Gasteiger partial charge in [0, 0.05) is 35.8 Å². The minimum absolute atomic E-state index is 0.0737. The second-order valence-electron chi connectivity index (χ2n) is 7.77. The molecule has 1 aliphatic rings. The summed E-state index contributed by atoms with van der Waals surface area (Å²) in [6.07, 6.45) is -2.63.